The van der Waals surface area contributed by atoms with Crippen LogP contribution in [0, 0.1) is 0 Å². The van der Waals surface area contributed by atoms with Crippen LogP contribution >= 0.6 is 0 Å². The van der Waals surface area contributed by atoms with Gasteiger partial charge in [-0.15, -0.1) is 0 Å². The molecule has 0 fully saturated rings. The van der Waals surface area contributed by atoms with Crippen LogP contribution in [-0.2, 0) is 0 Å². The minimum atomic E-state index is -0.0646. The van der Waals surface area contributed by atoms with Crippen LogP contribution in [0.3, 0.4) is 0 Å². The van der Waals surface area contributed by atoms with Gasteiger partial charge in [-0.25, -0.2) is 0 Å². The smallest absolute Gasteiger partial charge is 0.201 e. The summed E-state index contributed by atoms with van der Waals surface area (Å²) in [7, 11) is 0. The number of para-hydroxylation sites is 3. The molecule has 3 aromatic carbocycles. The van der Waals surface area contributed by atoms with Gasteiger partial charge in [0.15, 0.2) is 5.75 Å². The van der Waals surface area contributed by atoms with Crippen molar-refractivity contribution >= 4 is 11.4 Å². The second-order valence-electron chi connectivity index (χ2n) is 7.49. The van der Waals surface area contributed by atoms with Crippen molar-refractivity contribution < 1.29 is 4.74 Å². The van der Waals surface area contributed by atoms with E-state index in [1.165, 1.54) is 11.1 Å². The highest BCUT2D eigenvalue weighted by Gasteiger charge is 2.17. The van der Waals surface area contributed by atoms with Crippen molar-refractivity contribution in [1.29, 1.82) is 0 Å². The summed E-state index contributed by atoms with van der Waals surface area (Å²) in [6.45, 7) is 8.68. The SMILES string of the molecule is CC(C)c1cccc(C(C)C)c1Oc1ccccc1Nc1cccccc1=O. The third kappa shape index (κ3) is 4.42. The third-order valence-electron chi connectivity index (χ3n) is 4.69. The van der Waals surface area contributed by atoms with Gasteiger partial charge in [0.1, 0.15) is 5.75 Å². The van der Waals surface area contributed by atoms with Crippen molar-refractivity contribution in [3.05, 3.63) is 94.1 Å². The Balaban J connectivity index is 2.04. The van der Waals surface area contributed by atoms with Crippen LogP contribution in [0.4, 0.5) is 11.4 Å². The number of hydrogen-bond donors (Lipinski definition) is 1. The second-order valence-corrected chi connectivity index (χ2v) is 7.49. The predicted molar refractivity (Wildman–Crippen MR) is 117 cm³/mol. The lowest BCUT2D eigenvalue weighted by molar-refractivity contribution is 0.465. The van der Waals surface area contributed by atoms with Crippen LogP contribution in [0.25, 0.3) is 0 Å². The monoisotopic (exact) mass is 373 g/mol. The van der Waals surface area contributed by atoms with Gasteiger partial charge in [-0.05, 0) is 47.2 Å². The highest BCUT2D eigenvalue weighted by Crippen LogP contribution is 2.39. The van der Waals surface area contributed by atoms with Crippen molar-refractivity contribution in [3.63, 3.8) is 0 Å². The second kappa shape index (κ2) is 8.75. The Bertz CT molecular complexity index is 983. The first-order valence-corrected chi connectivity index (χ1v) is 9.73. The summed E-state index contributed by atoms with van der Waals surface area (Å²) in [5.74, 6) is 2.29. The Hall–Kier alpha value is -3.07. The maximum absolute atomic E-state index is 12.3. The zero-order valence-corrected chi connectivity index (χ0v) is 16.9. The van der Waals surface area contributed by atoms with Gasteiger partial charge in [-0.3, -0.25) is 4.79 Å². The number of benzene rings is 2. The molecule has 0 aliphatic rings. The standard InChI is InChI=1S/C25H27NO2/c1-17(2)19-11-10-12-20(18(3)4)25(19)28-24-16-9-8-14-22(24)26-21-13-6-5-7-15-23(21)27/h5-18H,1-4H3,(H,26,27). The fourth-order valence-corrected chi connectivity index (χ4v) is 3.15. The van der Waals surface area contributed by atoms with Crippen LogP contribution < -0.4 is 15.5 Å². The maximum Gasteiger partial charge on any atom is 0.201 e. The average Bonchev–Trinajstić information content (AvgIpc) is 2.87. The molecule has 3 nitrogen and oxygen atoms in total. The minimum Gasteiger partial charge on any atom is -0.455 e. The summed E-state index contributed by atoms with van der Waals surface area (Å²) in [5, 5.41) is 3.24. The molecule has 0 aliphatic carbocycles. The van der Waals surface area contributed by atoms with Gasteiger partial charge >= 0.3 is 0 Å². The summed E-state index contributed by atoms with van der Waals surface area (Å²) in [6.07, 6.45) is 0. The molecule has 0 heterocycles. The summed E-state index contributed by atoms with van der Waals surface area (Å²) < 4.78 is 6.47. The van der Waals surface area contributed by atoms with E-state index in [9.17, 15) is 4.79 Å². The van der Waals surface area contributed by atoms with Gasteiger partial charge in [0, 0.05) is 0 Å². The van der Waals surface area contributed by atoms with E-state index in [0.29, 0.717) is 23.3 Å². The molecule has 28 heavy (non-hydrogen) atoms. The van der Waals surface area contributed by atoms with E-state index in [2.05, 4.69) is 51.2 Å². The van der Waals surface area contributed by atoms with E-state index in [0.717, 1.165) is 11.4 Å². The number of nitrogens with one attached hydrogen (secondary N) is 1. The van der Waals surface area contributed by atoms with Gasteiger partial charge in [-0.1, -0.05) is 76.2 Å². The van der Waals surface area contributed by atoms with E-state index in [1.54, 1.807) is 18.2 Å². The highest BCUT2D eigenvalue weighted by molar-refractivity contribution is 5.67. The van der Waals surface area contributed by atoms with Crippen molar-refractivity contribution in [3.8, 4) is 11.5 Å². The van der Waals surface area contributed by atoms with E-state index in [1.807, 2.05) is 36.4 Å². The van der Waals surface area contributed by atoms with Crippen LogP contribution in [0.15, 0.2) is 77.6 Å². The average molecular weight is 373 g/mol. The molecule has 0 saturated heterocycles. The molecule has 3 aromatic rings. The Labute approximate surface area is 167 Å². The number of hydrogen-bond acceptors (Lipinski definition) is 3. The zero-order chi connectivity index (χ0) is 20.1. The summed E-state index contributed by atoms with van der Waals surface area (Å²) in [6, 6.07) is 22.8. The van der Waals surface area contributed by atoms with Crippen LogP contribution in [-0.4, -0.2) is 0 Å². The highest BCUT2D eigenvalue weighted by atomic mass is 16.5. The zero-order valence-electron chi connectivity index (χ0n) is 16.9. The summed E-state index contributed by atoms with van der Waals surface area (Å²) in [4.78, 5) is 12.3. The van der Waals surface area contributed by atoms with Crippen LogP contribution in [0.1, 0.15) is 50.7 Å². The van der Waals surface area contributed by atoms with E-state index >= 15 is 0 Å². The summed E-state index contributed by atoms with van der Waals surface area (Å²) in [5.41, 5.74) is 3.57. The number of rotatable bonds is 6. The van der Waals surface area contributed by atoms with Gasteiger partial charge in [0.05, 0.1) is 11.4 Å². The van der Waals surface area contributed by atoms with Crippen molar-refractivity contribution in [2.45, 2.75) is 39.5 Å². The van der Waals surface area contributed by atoms with Gasteiger partial charge in [0.2, 0.25) is 5.43 Å². The predicted octanol–water partition coefficient (Wildman–Crippen LogP) is 6.83. The largest absolute Gasteiger partial charge is 0.455 e. The van der Waals surface area contributed by atoms with Crippen molar-refractivity contribution in [2.75, 3.05) is 5.32 Å². The van der Waals surface area contributed by atoms with Crippen molar-refractivity contribution in [2.24, 2.45) is 0 Å². The number of ether oxygens (including phenoxy) is 1. The van der Waals surface area contributed by atoms with Crippen LogP contribution in [0.2, 0.25) is 0 Å². The minimum absolute atomic E-state index is 0.0646. The van der Waals surface area contributed by atoms with Gasteiger partial charge in [0.25, 0.3) is 0 Å². The Kier molecular flexibility index (Phi) is 6.15. The fourth-order valence-electron chi connectivity index (χ4n) is 3.15. The molecule has 0 spiro atoms. The number of anilines is 2. The van der Waals surface area contributed by atoms with Crippen LogP contribution in [0.5, 0.6) is 11.5 Å². The first-order valence-electron chi connectivity index (χ1n) is 9.73. The van der Waals surface area contributed by atoms with E-state index in [4.69, 9.17) is 4.74 Å². The molecule has 0 unspecified atom stereocenters. The lowest BCUT2D eigenvalue weighted by Crippen LogP contribution is -2.05. The third-order valence-corrected chi connectivity index (χ3v) is 4.69. The fraction of sp³-hybridized carbons (Fsp3) is 0.240. The lowest BCUT2D eigenvalue weighted by atomic mass is 9.94. The maximum atomic E-state index is 12.3. The Morgan fingerprint density at radius 1 is 0.679 bits per heavy atom. The summed E-state index contributed by atoms with van der Waals surface area (Å²) >= 11 is 0. The van der Waals surface area contributed by atoms with Crippen molar-refractivity contribution in [1.82, 2.24) is 0 Å². The molecule has 144 valence electrons. The molecular weight excluding hydrogens is 346 g/mol. The molecule has 0 amide bonds. The van der Waals surface area contributed by atoms with E-state index < -0.39 is 0 Å². The quantitative estimate of drug-likeness (QED) is 0.514. The Morgan fingerprint density at radius 3 is 1.93 bits per heavy atom. The molecule has 0 atom stereocenters. The first kappa shape index (κ1) is 19.7. The molecule has 3 rings (SSSR count). The van der Waals surface area contributed by atoms with Gasteiger partial charge in [-0.2, -0.15) is 0 Å². The Morgan fingerprint density at radius 2 is 1.25 bits per heavy atom. The molecule has 0 aliphatic heterocycles. The lowest BCUT2D eigenvalue weighted by Gasteiger charge is -2.21. The molecule has 1 N–H and O–H groups in total. The topological polar surface area (TPSA) is 38.3 Å². The first-order chi connectivity index (χ1) is 13.5. The van der Waals surface area contributed by atoms with Gasteiger partial charge < -0.3 is 10.1 Å². The molecular formula is C25H27NO2. The molecule has 3 heteroatoms. The molecule has 0 saturated carbocycles. The molecule has 0 radical (unpaired) electrons. The molecule has 0 aromatic heterocycles. The normalized spacial score (nSPS) is 10.9. The van der Waals surface area contributed by atoms with E-state index in [-0.39, 0.29) is 5.43 Å². The molecule has 0 bridgehead atoms.